The molecule has 0 radical (unpaired) electrons. The number of hydrogen-bond acceptors (Lipinski definition) is 5. The van der Waals surface area contributed by atoms with Gasteiger partial charge in [0.15, 0.2) is 23.2 Å². The zero-order valence-corrected chi connectivity index (χ0v) is 28.6. The summed E-state index contributed by atoms with van der Waals surface area (Å²) < 4.78 is 8.42. The van der Waals surface area contributed by atoms with Gasteiger partial charge in [0.2, 0.25) is 0 Å². The van der Waals surface area contributed by atoms with Crippen LogP contribution in [0.25, 0.3) is 99.6 Å². The zero-order valence-electron chi connectivity index (χ0n) is 28.6. The SMILES string of the molecule is [C-]#[N+]c1ccc2c3ccc(C#N)cc3n(-c3ccc(-c4cccc5oc6ccccc6c45)cc3-c3nc(-c4ccccc4)nc(-c4ccccc4)n3)c2c1. The number of para-hydroxylation sites is 1. The van der Waals surface area contributed by atoms with Gasteiger partial charge < -0.3 is 8.98 Å². The summed E-state index contributed by atoms with van der Waals surface area (Å²) in [4.78, 5) is 19.1. The molecule has 0 atom stereocenters. The van der Waals surface area contributed by atoms with Gasteiger partial charge in [-0.2, -0.15) is 5.26 Å². The lowest BCUT2D eigenvalue weighted by atomic mass is 9.96. The van der Waals surface area contributed by atoms with E-state index in [9.17, 15) is 5.26 Å². The topological polar surface area (TPSA) is 84.9 Å². The van der Waals surface area contributed by atoms with Gasteiger partial charge in [0, 0.05) is 43.8 Å². The third kappa shape index (κ3) is 5.00. The Bertz CT molecular complexity index is 3060. The number of fused-ring (bicyclic) bond motifs is 6. The average Bonchev–Trinajstić information content (AvgIpc) is 3.79. The highest BCUT2D eigenvalue weighted by molar-refractivity contribution is 6.13. The Labute approximate surface area is 309 Å². The molecule has 0 spiro atoms. The van der Waals surface area contributed by atoms with Crippen LogP contribution >= 0.6 is 0 Å². The van der Waals surface area contributed by atoms with Crippen molar-refractivity contribution in [2.75, 3.05) is 0 Å². The molecule has 3 aromatic heterocycles. The summed E-state index contributed by atoms with van der Waals surface area (Å²) >= 11 is 0. The van der Waals surface area contributed by atoms with Crippen molar-refractivity contribution in [3.8, 4) is 57.0 Å². The van der Waals surface area contributed by atoms with E-state index in [4.69, 9.17) is 25.9 Å². The number of benzene rings is 7. The van der Waals surface area contributed by atoms with Crippen molar-refractivity contribution in [2.45, 2.75) is 0 Å². The minimum absolute atomic E-state index is 0.483. The van der Waals surface area contributed by atoms with E-state index in [-0.39, 0.29) is 0 Å². The number of nitriles is 1. The molecule has 0 aliphatic carbocycles. The maximum Gasteiger partial charge on any atom is 0.189 e. The summed E-state index contributed by atoms with van der Waals surface area (Å²) in [5.41, 5.74) is 9.59. The van der Waals surface area contributed by atoms with Crippen LogP contribution in [0.4, 0.5) is 5.69 Å². The highest BCUT2D eigenvalue weighted by Gasteiger charge is 2.22. The van der Waals surface area contributed by atoms with Crippen LogP contribution in [-0.4, -0.2) is 19.5 Å². The molecule has 54 heavy (non-hydrogen) atoms. The smallest absolute Gasteiger partial charge is 0.189 e. The Morgan fingerprint density at radius 3 is 1.91 bits per heavy atom. The van der Waals surface area contributed by atoms with Gasteiger partial charge in [-0.25, -0.2) is 19.8 Å². The van der Waals surface area contributed by atoms with Crippen molar-refractivity contribution < 1.29 is 4.42 Å². The second kappa shape index (κ2) is 12.4. The van der Waals surface area contributed by atoms with Crippen LogP contribution in [0.3, 0.4) is 0 Å². The molecule has 0 saturated heterocycles. The molecule has 10 rings (SSSR count). The second-order valence-electron chi connectivity index (χ2n) is 13.0. The minimum atomic E-state index is 0.483. The summed E-state index contributed by atoms with van der Waals surface area (Å²) in [5, 5.41) is 14.0. The van der Waals surface area contributed by atoms with Crippen molar-refractivity contribution in [1.82, 2.24) is 19.5 Å². The minimum Gasteiger partial charge on any atom is -0.456 e. The lowest BCUT2D eigenvalue weighted by Crippen LogP contribution is -2.04. The molecule has 0 saturated carbocycles. The third-order valence-electron chi connectivity index (χ3n) is 9.90. The first-order chi connectivity index (χ1) is 26.7. The normalized spacial score (nSPS) is 11.3. The van der Waals surface area contributed by atoms with Gasteiger partial charge in [0.05, 0.1) is 29.4 Å². The monoisotopic (exact) mass is 690 g/mol. The van der Waals surface area contributed by atoms with E-state index < -0.39 is 0 Å². The Kier molecular flexibility index (Phi) is 7.11. The van der Waals surface area contributed by atoms with E-state index in [1.54, 1.807) is 0 Å². The summed E-state index contributed by atoms with van der Waals surface area (Å²) in [7, 11) is 0. The highest BCUT2D eigenvalue weighted by Crippen LogP contribution is 2.42. The van der Waals surface area contributed by atoms with Crippen molar-refractivity contribution in [2.24, 2.45) is 0 Å². The van der Waals surface area contributed by atoms with Crippen LogP contribution in [0.1, 0.15) is 5.56 Å². The Morgan fingerprint density at radius 2 is 1.19 bits per heavy atom. The number of hydrogen-bond donors (Lipinski definition) is 0. The molecule has 3 heterocycles. The molecule has 250 valence electrons. The van der Waals surface area contributed by atoms with Crippen LogP contribution in [0.5, 0.6) is 0 Å². The van der Waals surface area contributed by atoms with Gasteiger partial charge >= 0.3 is 0 Å². The molecular weight excluding hydrogens is 665 g/mol. The van der Waals surface area contributed by atoms with E-state index in [0.29, 0.717) is 28.7 Å². The van der Waals surface area contributed by atoms with Crippen LogP contribution in [0.2, 0.25) is 0 Å². The van der Waals surface area contributed by atoms with Crippen LogP contribution < -0.4 is 0 Å². The van der Waals surface area contributed by atoms with Gasteiger partial charge in [0.25, 0.3) is 0 Å². The quantitative estimate of drug-likeness (QED) is 0.168. The molecule has 0 amide bonds. The number of nitrogens with zero attached hydrogens (tertiary/aromatic N) is 6. The number of rotatable bonds is 5. The van der Waals surface area contributed by atoms with Crippen molar-refractivity contribution >= 4 is 49.4 Å². The molecule has 7 nitrogen and oxygen atoms in total. The predicted molar refractivity (Wildman–Crippen MR) is 214 cm³/mol. The Balaban J connectivity index is 1.33. The van der Waals surface area contributed by atoms with Crippen LogP contribution in [0, 0.1) is 17.9 Å². The first kappa shape index (κ1) is 30.9. The lowest BCUT2D eigenvalue weighted by Gasteiger charge is -2.17. The van der Waals surface area contributed by atoms with E-state index in [1.807, 2.05) is 127 Å². The van der Waals surface area contributed by atoms with Crippen molar-refractivity contribution in [1.29, 1.82) is 5.26 Å². The molecule has 0 aliphatic rings. The maximum atomic E-state index is 10.00. The molecule has 7 heteroatoms. The first-order valence-electron chi connectivity index (χ1n) is 17.4. The molecule has 0 bridgehead atoms. The molecule has 10 aromatic rings. The standard InChI is InChI=1S/C47H26N6O/c1-49-33-21-23-36-35-22-19-29(28-48)25-40(35)53(41(36)27-33)39-24-20-32(34-16-10-18-43-44(34)37-15-8-9-17-42(37)54-43)26-38(39)47-51-45(30-11-4-2-5-12-30)50-46(52-47)31-13-6-3-7-14-31/h2-27H. The van der Waals surface area contributed by atoms with Gasteiger partial charge in [-0.1, -0.05) is 115 Å². The van der Waals surface area contributed by atoms with Crippen LogP contribution in [-0.2, 0) is 0 Å². The van der Waals surface area contributed by atoms with E-state index in [1.165, 1.54) is 0 Å². The fraction of sp³-hybridized carbons (Fsp3) is 0. The number of aromatic nitrogens is 4. The first-order valence-corrected chi connectivity index (χ1v) is 17.4. The largest absolute Gasteiger partial charge is 0.456 e. The van der Waals surface area contributed by atoms with Crippen molar-refractivity contribution in [3.05, 3.63) is 175 Å². The molecule has 0 N–H and O–H groups in total. The predicted octanol–water partition coefficient (Wildman–Crippen LogP) is 12.0. The molecule has 0 aliphatic heterocycles. The maximum absolute atomic E-state index is 10.00. The fourth-order valence-corrected chi connectivity index (χ4v) is 7.43. The van der Waals surface area contributed by atoms with Gasteiger partial charge in [-0.15, -0.1) is 0 Å². The summed E-state index contributed by atoms with van der Waals surface area (Å²) in [6.45, 7) is 7.85. The second-order valence-corrected chi connectivity index (χ2v) is 13.0. The van der Waals surface area contributed by atoms with Crippen molar-refractivity contribution in [3.63, 3.8) is 0 Å². The van der Waals surface area contributed by atoms with E-state index >= 15 is 0 Å². The van der Waals surface area contributed by atoms with Gasteiger partial charge in [-0.3, -0.25) is 0 Å². The summed E-state index contributed by atoms with van der Waals surface area (Å²) in [6.07, 6.45) is 0. The Hall–Kier alpha value is -7.87. The van der Waals surface area contributed by atoms with Gasteiger partial charge in [0.1, 0.15) is 11.2 Å². The van der Waals surface area contributed by atoms with Crippen LogP contribution in [0.15, 0.2) is 162 Å². The summed E-state index contributed by atoms with van der Waals surface area (Å²) in [5.74, 6) is 1.57. The Morgan fingerprint density at radius 1 is 0.537 bits per heavy atom. The fourth-order valence-electron chi connectivity index (χ4n) is 7.43. The lowest BCUT2D eigenvalue weighted by molar-refractivity contribution is 0.669. The highest BCUT2D eigenvalue weighted by atomic mass is 16.3. The molecule has 7 aromatic carbocycles. The molecular formula is C47H26N6O. The van der Waals surface area contributed by atoms with Gasteiger partial charge in [-0.05, 0) is 53.6 Å². The molecule has 0 unspecified atom stereocenters. The zero-order chi connectivity index (χ0) is 36.2. The number of furan rings is 1. The van der Waals surface area contributed by atoms with E-state index in [0.717, 1.165) is 77.2 Å². The third-order valence-corrected chi connectivity index (χ3v) is 9.90. The average molecular weight is 691 g/mol. The summed E-state index contributed by atoms with van der Waals surface area (Å²) in [6, 6.07) is 54.1. The molecule has 0 fully saturated rings. The van der Waals surface area contributed by atoms with E-state index in [2.05, 4.69) is 45.8 Å².